The molecule has 0 heterocycles. The second-order valence-electron chi connectivity index (χ2n) is 2.82. The van der Waals surface area contributed by atoms with Crippen LogP contribution in [0.5, 0.6) is 0 Å². The first-order chi connectivity index (χ1) is 6.10. The van der Waals surface area contributed by atoms with Gasteiger partial charge in [-0.3, -0.25) is 10.1 Å². The van der Waals surface area contributed by atoms with Gasteiger partial charge in [0, 0.05) is 6.61 Å². The summed E-state index contributed by atoms with van der Waals surface area (Å²) in [6, 6.07) is 0. The highest BCUT2D eigenvalue weighted by Gasteiger charge is 2.27. The number of nitrogens with one attached hydrogen (secondary N) is 1. The van der Waals surface area contributed by atoms with Crippen LogP contribution in [0.3, 0.4) is 0 Å². The third-order valence-corrected chi connectivity index (χ3v) is 1.81. The fourth-order valence-corrected chi connectivity index (χ4v) is 0.885. The molecule has 0 saturated heterocycles. The second-order valence-corrected chi connectivity index (χ2v) is 2.82. The largest absolute Gasteiger partial charge is 0.480 e. The number of carboxylic acids is 1. The van der Waals surface area contributed by atoms with Crippen molar-refractivity contribution in [2.45, 2.75) is 12.0 Å². The quantitative estimate of drug-likeness (QED) is 0.313. The number of rotatable bonds is 7. The van der Waals surface area contributed by atoms with Crippen molar-refractivity contribution < 1.29 is 25.2 Å². The lowest BCUT2D eigenvalue weighted by atomic mass is 9.98. The van der Waals surface area contributed by atoms with Gasteiger partial charge in [0.25, 0.3) is 0 Å². The third-order valence-electron chi connectivity index (χ3n) is 1.81. The Hall–Kier alpha value is -0.690. The minimum Gasteiger partial charge on any atom is -0.480 e. The van der Waals surface area contributed by atoms with Gasteiger partial charge in [0.2, 0.25) is 0 Å². The summed E-state index contributed by atoms with van der Waals surface area (Å²) in [6.45, 7) is -1.43. The van der Waals surface area contributed by atoms with E-state index in [-0.39, 0.29) is 19.6 Å². The number of carboxylic acid groups (broad SMARTS) is 1. The van der Waals surface area contributed by atoms with Crippen molar-refractivity contribution in [1.82, 2.24) is 5.32 Å². The topological polar surface area (TPSA) is 110 Å². The van der Waals surface area contributed by atoms with E-state index in [0.29, 0.717) is 0 Å². The van der Waals surface area contributed by atoms with Crippen LogP contribution < -0.4 is 5.32 Å². The number of aliphatic carboxylic acids is 1. The van der Waals surface area contributed by atoms with Crippen molar-refractivity contribution in [2.24, 2.45) is 0 Å². The molecule has 0 radical (unpaired) electrons. The van der Waals surface area contributed by atoms with Gasteiger partial charge >= 0.3 is 5.97 Å². The van der Waals surface area contributed by atoms with E-state index in [2.05, 4.69) is 5.32 Å². The smallest absolute Gasteiger partial charge is 0.317 e. The number of aliphatic hydroxyl groups excluding tert-OH is 3. The minimum absolute atomic E-state index is 0.104. The van der Waals surface area contributed by atoms with Crippen molar-refractivity contribution in [3.05, 3.63) is 0 Å². The summed E-state index contributed by atoms with van der Waals surface area (Å²) in [5.74, 6) is -1.08. The summed E-state index contributed by atoms with van der Waals surface area (Å²) >= 11 is 0. The van der Waals surface area contributed by atoms with E-state index in [0.717, 1.165) is 0 Å². The van der Waals surface area contributed by atoms with E-state index in [1.165, 1.54) is 0 Å². The summed E-state index contributed by atoms with van der Waals surface area (Å²) in [6.07, 6.45) is 0.104. The molecule has 0 unspecified atom stereocenters. The summed E-state index contributed by atoms with van der Waals surface area (Å²) in [5, 5.41) is 37.2. The maximum atomic E-state index is 10.2. The molecule has 13 heavy (non-hydrogen) atoms. The fourth-order valence-electron chi connectivity index (χ4n) is 0.885. The Morgan fingerprint density at radius 2 is 1.77 bits per heavy atom. The lowest BCUT2D eigenvalue weighted by Gasteiger charge is -2.29. The Balaban J connectivity index is 4.12. The predicted octanol–water partition coefficient (Wildman–Crippen LogP) is -2.23. The van der Waals surface area contributed by atoms with Gasteiger partial charge < -0.3 is 20.4 Å². The van der Waals surface area contributed by atoms with Gasteiger partial charge in [-0.1, -0.05) is 0 Å². The van der Waals surface area contributed by atoms with Crippen LogP contribution in [0, 0.1) is 0 Å². The molecule has 0 fully saturated rings. The maximum absolute atomic E-state index is 10.2. The van der Waals surface area contributed by atoms with E-state index in [1.807, 2.05) is 0 Å². The van der Waals surface area contributed by atoms with Crippen LogP contribution in [0.4, 0.5) is 0 Å². The number of hydrogen-bond donors (Lipinski definition) is 5. The van der Waals surface area contributed by atoms with E-state index in [4.69, 9.17) is 20.4 Å². The lowest BCUT2D eigenvalue weighted by molar-refractivity contribution is -0.136. The Morgan fingerprint density at radius 1 is 1.23 bits per heavy atom. The molecule has 0 atom stereocenters. The van der Waals surface area contributed by atoms with Crippen molar-refractivity contribution in [3.8, 4) is 0 Å². The Bertz CT molecular complexity index is 157. The zero-order chi connectivity index (χ0) is 10.3. The van der Waals surface area contributed by atoms with Crippen LogP contribution in [-0.2, 0) is 4.79 Å². The minimum atomic E-state index is -1.10. The molecule has 0 aromatic carbocycles. The van der Waals surface area contributed by atoms with Gasteiger partial charge in [-0.25, -0.2) is 0 Å². The van der Waals surface area contributed by atoms with E-state index in [1.54, 1.807) is 0 Å². The molecular formula is C7H15NO5. The Labute approximate surface area is 75.8 Å². The molecule has 6 nitrogen and oxygen atoms in total. The molecule has 6 heteroatoms. The highest BCUT2D eigenvalue weighted by atomic mass is 16.4. The first-order valence-electron chi connectivity index (χ1n) is 3.89. The highest BCUT2D eigenvalue weighted by molar-refractivity contribution is 5.69. The van der Waals surface area contributed by atoms with Gasteiger partial charge in [0.05, 0.1) is 25.3 Å². The summed E-state index contributed by atoms with van der Waals surface area (Å²) in [7, 11) is 0. The zero-order valence-corrected chi connectivity index (χ0v) is 7.23. The molecule has 0 amide bonds. The molecule has 0 aromatic rings. The molecule has 5 N–H and O–H groups in total. The third kappa shape index (κ3) is 4.18. The molecule has 0 bridgehead atoms. The molecular weight excluding hydrogens is 178 g/mol. The summed E-state index contributed by atoms with van der Waals surface area (Å²) in [4.78, 5) is 10.2. The van der Waals surface area contributed by atoms with Crippen LogP contribution in [-0.4, -0.2) is 58.3 Å². The van der Waals surface area contributed by atoms with Crippen molar-refractivity contribution >= 4 is 5.97 Å². The maximum Gasteiger partial charge on any atom is 0.317 e. The van der Waals surface area contributed by atoms with Crippen LogP contribution in [0.25, 0.3) is 0 Å². The van der Waals surface area contributed by atoms with Gasteiger partial charge in [-0.2, -0.15) is 0 Å². The van der Waals surface area contributed by atoms with Gasteiger partial charge in [0.1, 0.15) is 0 Å². The van der Waals surface area contributed by atoms with Crippen LogP contribution in [0.2, 0.25) is 0 Å². The first-order valence-corrected chi connectivity index (χ1v) is 3.89. The summed E-state index contributed by atoms with van der Waals surface area (Å²) < 4.78 is 0. The molecule has 0 aliphatic heterocycles. The van der Waals surface area contributed by atoms with Crippen molar-refractivity contribution in [1.29, 1.82) is 0 Å². The molecule has 0 spiro atoms. The number of aliphatic hydroxyl groups is 3. The Kier molecular flexibility index (Phi) is 5.56. The Morgan fingerprint density at radius 3 is 2.08 bits per heavy atom. The van der Waals surface area contributed by atoms with Gasteiger partial charge in [-0.15, -0.1) is 0 Å². The SMILES string of the molecule is O=C(O)CNC(CO)(CO)CCO. The van der Waals surface area contributed by atoms with Crippen LogP contribution >= 0.6 is 0 Å². The highest BCUT2D eigenvalue weighted by Crippen LogP contribution is 2.07. The molecule has 0 rings (SSSR count). The second kappa shape index (κ2) is 5.87. The van der Waals surface area contributed by atoms with Crippen molar-refractivity contribution in [3.63, 3.8) is 0 Å². The van der Waals surface area contributed by atoms with Gasteiger partial charge in [0.15, 0.2) is 0 Å². The zero-order valence-electron chi connectivity index (χ0n) is 7.23. The normalized spacial score (nSPS) is 11.6. The predicted molar refractivity (Wildman–Crippen MR) is 44.2 cm³/mol. The molecule has 78 valence electrons. The average Bonchev–Trinajstić information content (AvgIpc) is 2.12. The van der Waals surface area contributed by atoms with E-state index in [9.17, 15) is 4.79 Å². The molecule has 0 aliphatic carbocycles. The fraction of sp³-hybridized carbons (Fsp3) is 0.857. The van der Waals surface area contributed by atoms with Crippen LogP contribution in [0.15, 0.2) is 0 Å². The average molecular weight is 193 g/mol. The molecule has 0 aromatic heterocycles. The van der Waals surface area contributed by atoms with Crippen LogP contribution in [0.1, 0.15) is 6.42 Å². The van der Waals surface area contributed by atoms with Gasteiger partial charge in [-0.05, 0) is 6.42 Å². The summed E-state index contributed by atoms with van der Waals surface area (Å²) in [5.41, 5.74) is -1.10. The lowest BCUT2D eigenvalue weighted by Crippen LogP contribution is -2.53. The monoisotopic (exact) mass is 193 g/mol. The van der Waals surface area contributed by atoms with E-state index >= 15 is 0 Å². The molecule has 0 aliphatic rings. The van der Waals surface area contributed by atoms with Crippen molar-refractivity contribution in [2.75, 3.05) is 26.4 Å². The number of carbonyl (C=O) groups is 1. The van der Waals surface area contributed by atoms with E-state index < -0.39 is 24.7 Å². The molecule has 0 saturated carbocycles. The first kappa shape index (κ1) is 12.3. The standard InChI is InChI=1S/C7H15NO5/c9-2-1-7(4-10,5-11)8-3-6(12)13/h8-11H,1-5H2,(H,12,13). The number of hydrogen-bond acceptors (Lipinski definition) is 5.